The van der Waals surface area contributed by atoms with Crippen LogP contribution in [0.4, 0.5) is 13.2 Å². The Morgan fingerprint density at radius 1 is 1.05 bits per heavy atom. The van der Waals surface area contributed by atoms with E-state index in [4.69, 9.17) is 5.73 Å². The Labute approximate surface area is 116 Å². The van der Waals surface area contributed by atoms with Gasteiger partial charge in [-0.2, -0.15) is 13.2 Å². The van der Waals surface area contributed by atoms with Crippen molar-refractivity contribution in [1.82, 2.24) is 4.90 Å². The minimum Gasteiger partial charge on any atom is -0.328 e. The lowest BCUT2D eigenvalue weighted by atomic mass is 9.97. The molecule has 2 bridgehead atoms. The minimum atomic E-state index is -4.25. The van der Waals surface area contributed by atoms with Crippen LogP contribution < -0.4 is 5.73 Å². The molecule has 110 valence electrons. The quantitative estimate of drug-likeness (QED) is 0.904. The number of piperidine rings is 1. The second-order valence-corrected chi connectivity index (χ2v) is 5.98. The van der Waals surface area contributed by atoms with Crippen LogP contribution in [0.25, 0.3) is 0 Å². The Bertz CT molecular complexity index is 455. The van der Waals surface area contributed by atoms with Gasteiger partial charge in [-0.3, -0.25) is 4.90 Å². The monoisotopic (exact) mass is 284 g/mol. The zero-order valence-electron chi connectivity index (χ0n) is 11.2. The number of fused-ring (bicyclic) bond motifs is 2. The Morgan fingerprint density at radius 2 is 1.60 bits per heavy atom. The van der Waals surface area contributed by atoms with E-state index in [1.165, 1.54) is 25.0 Å². The van der Waals surface area contributed by atoms with Crippen LogP contribution in [0.1, 0.15) is 36.8 Å². The molecule has 1 aromatic rings. The van der Waals surface area contributed by atoms with Crippen LogP contribution in [-0.2, 0) is 12.7 Å². The summed E-state index contributed by atoms with van der Waals surface area (Å²) < 4.78 is 37.6. The minimum absolute atomic E-state index is 0.288. The van der Waals surface area contributed by atoms with Crippen molar-refractivity contribution in [2.24, 2.45) is 5.73 Å². The van der Waals surface area contributed by atoms with Gasteiger partial charge in [0.1, 0.15) is 0 Å². The highest BCUT2D eigenvalue weighted by atomic mass is 19.4. The standard InChI is InChI=1S/C15H19F3N2/c16-15(17,18)11-3-1-10(2-4-11)9-20-13-5-6-14(20)8-12(19)7-13/h1-4,12-14H,5-9,19H2. The van der Waals surface area contributed by atoms with Gasteiger partial charge in [-0.25, -0.2) is 0 Å². The van der Waals surface area contributed by atoms with Gasteiger partial charge in [0.2, 0.25) is 0 Å². The zero-order chi connectivity index (χ0) is 14.3. The van der Waals surface area contributed by atoms with Crippen molar-refractivity contribution in [1.29, 1.82) is 0 Å². The molecule has 0 saturated carbocycles. The summed E-state index contributed by atoms with van der Waals surface area (Å²) in [5, 5.41) is 0. The van der Waals surface area contributed by atoms with E-state index in [9.17, 15) is 13.2 Å². The molecule has 0 radical (unpaired) electrons. The first-order valence-electron chi connectivity index (χ1n) is 7.11. The van der Waals surface area contributed by atoms with E-state index in [0.717, 1.165) is 24.9 Å². The van der Waals surface area contributed by atoms with Gasteiger partial charge in [-0.05, 0) is 43.4 Å². The summed E-state index contributed by atoms with van der Waals surface area (Å²) in [4.78, 5) is 2.42. The van der Waals surface area contributed by atoms with Gasteiger partial charge in [0.05, 0.1) is 5.56 Å². The molecule has 2 unspecified atom stereocenters. The van der Waals surface area contributed by atoms with Crippen LogP contribution in [0.3, 0.4) is 0 Å². The number of hydrogen-bond donors (Lipinski definition) is 1. The van der Waals surface area contributed by atoms with Crippen molar-refractivity contribution in [3.63, 3.8) is 0 Å². The molecule has 2 aliphatic rings. The van der Waals surface area contributed by atoms with Crippen molar-refractivity contribution < 1.29 is 13.2 Å². The molecule has 2 saturated heterocycles. The lowest BCUT2D eigenvalue weighted by molar-refractivity contribution is -0.137. The fourth-order valence-electron chi connectivity index (χ4n) is 3.58. The van der Waals surface area contributed by atoms with Crippen molar-refractivity contribution in [3.8, 4) is 0 Å². The second-order valence-electron chi connectivity index (χ2n) is 5.98. The third-order valence-electron chi connectivity index (χ3n) is 4.57. The number of alkyl halides is 3. The first-order valence-corrected chi connectivity index (χ1v) is 7.11. The van der Waals surface area contributed by atoms with Crippen molar-refractivity contribution in [2.75, 3.05) is 0 Å². The van der Waals surface area contributed by atoms with Gasteiger partial charge in [0, 0.05) is 24.7 Å². The third kappa shape index (κ3) is 2.69. The van der Waals surface area contributed by atoms with Crippen LogP contribution in [0.2, 0.25) is 0 Å². The van der Waals surface area contributed by atoms with Gasteiger partial charge in [-0.15, -0.1) is 0 Å². The van der Waals surface area contributed by atoms with E-state index in [1.54, 1.807) is 12.1 Å². The van der Waals surface area contributed by atoms with Crippen molar-refractivity contribution in [3.05, 3.63) is 35.4 Å². The molecule has 2 nitrogen and oxygen atoms in total. The van der Waals surface area contributed by atoms with Gasteiger partial charge >= 0.3 is 6.18 Å². The number of halogens is 3. The average Bonchev–Trinajstić information content (AvgIpc) is 2.62. The first kappa shape index (κ1) is 13.9. The Morgan fingerprint density at radius 3 is 2.10 bits per heavy atom. The third-order valence-corrected chi connectivity index (χ3v) is 4.57. The molecule has 2 atom stereocenters. The highest BCUT2D eigenvalue weighted by Crippen LogP contribution is 2.36. The van der Waals surface area contributed by atoms with Gasteiger partial charge in [-0.1, -0.05) is 12.1 Å². The van der Waals surface area contributed by atoms with E-state index in [0.29, 0.717) is 12.1 Å². The van der Waals surface area contributed by atoms with Crippen molar-refractivity contribution in [2.45, 2.75) is 56.5 Å². The molecular formula is C15H19F3N2. The van der Waals surface area contributed by atoms with E-state index in [2.05, 4.69) is 4.90 Å². The molecule has 0 amide bonds. The highest BCUT2D eigenvalue weighted by Gasteiger charge is 2.39. The molecule has 0 aromatic heterocycles. The van der Waals surface area contributed by atoms with Crippen LogP contribution in [0, 0.1) is 0 Å². The molecular weight excluding hydrogens is 265 g/mol. The van der Waals surface area contributed by atoms with E-state index in [-0.39, 0.29) is 6.04 Å². The van der Waals surface area contributed by atoms with Crippen LogP contribution in [-0.4, -0.2) is 23.0 Å². The first-order chi connectivity index (χ1) is 9.43. The molecule has 2 N–H and O–H groups in total. The van der Waals surface area contributed by atoms with Gasteiger partial charge in [0.15, 0.2) is 0 Å². The molecule has 2 fully saturated rings. The number of hydrogen-bond acceptors (Lipinski definition) is 2. The summed E-state index contributed by atoms with van der Waals surface area (Å²) in [5.41, 5.74) is 6.40. The molecule has 3 rings (SSSR count). The lowest BCUT2D eigenvalue weighted by Gasteiger charge is -2.37. The van der Waals surface area contributed by atoms with Gasteiger partial charge in [0.25, 0.3) is 0 Å². The van der Waals surface area contributed by atoms with Crippen LogP contribution in [0.15, 0.2) is 24.3 Å². The predicted molar refractivity (Wildman–Crippen MR) is 71.0 cm³/mol. The predicted octanol–water partition coefficient (Wildman–Crippen LogP) is 3.16. The smallest absolute Gasteiger partial charge is 0.328 e. The Hall–Kier alpha value is -1.07. The maximum absolute atomic E-state index is 12.5. The summed E-state index contributed by atoms with van der Waals surface area (Å²) in [6, 6.07) is 6.83. The Balaban J connectivity index is 1.70. The fraction of sp³-hybridized carbons (Fsp3) is 0.600. The van der Waals surface area contributed by atoms with Crippen LogP contribution in [0.5, 0.6) is 0 Å². The number of nitrogens with zero attached hydrogens (tertiary/aromatic N) is 1. The maximum Gasteiger partial charge on any atom is 0.416 e. The van der Waals surface area contributed by atoms with Crippen LogP contribution >= 0.6 is 0 Å². The fourth-order valence-corrected chi connectivity index (χ4v) is 3.58. The normalized spacial score (nSPS) is 30.7. The maximum atomic E-state index is 12.5. The zero-order valence-corrected chi connectivity index (χ0v) is 11.2. The number of nitrogens with two attached hydrogens (primary N) is 1. The number of benzene rings is 1. The van der Waals surface area contributed by atoms with E-state index < -0.39 is 11.7 Å². The number of rotatable bonds is 2. The summed E-state index contributed by atoms with van der Waals surface area (Å²) >= 11 is 0. The molecule has 20 heavy (non-hydrogen) atoms. The molecule has 5 heteroatoms. The van der Waals surface area contributed by atoms with Gasteiger partial charge < -0.3 is 5.73 Å². The average molecular weight is 284 g/mol. The summed E-state index contributed by atoms with van der Waals surface area (Å²) in [5.74, 6) is 0. The molecule has 1 aromatic carbocycles. The highest BCUT2D eigenvalue weighted by molar-refractivity contribution is 5.25. The summed E-state index contributed by atoms with van der Waals surface area (Å²) in [7, 11) is 0. The largest absolute Gasteiger partial charge is 0.416 e. The summed E-state index contributed by atoms with van der Waals surface area (Å²) in [6.07, 6.45) is 0.0989. The van der Waals surface area contributed by atoms with E-state index >= 15 is 0 Å². The molecule has 0 spiro atoms. The SMILES string of the molecule is NC1CC2CCC(C1)N2Cc1ccc(C(F)(F)F)cc1. The second kappa shape index (κ2) is 5.04. The molecule has 2 heterocycles. The molecule has 0 aliphatic carbocycles. The summed E-state index contributed by atoms with van der Waals surface area (Å²) in [6.45, 7) is 0.736. The topological polar surface area (TPSA) is 29.3 Å². The Kier molecular flexibility index (Phi) is 3.50. The van der Waals surface area contributed by atoms with Crippen molar-refractivity contribution >= 4 is 0 Å². The molecule has 2 aliphatic heterocycles. The lowest BCUT2D eigenvalue weighted by Crippen LogP contribution is -2.46. The van der Waals surface area contributed by atoms with E-state index in [1.807, 2.05) is 0 Å².